The molecule has 0 aliphatic heterocycles. The number of aldehydes is 1. The average molecular weight is 332 g/mol. The summed E-state index contributed by atoms with van der Waals surface area (Å²) < 4.78 is 77.1. The summed E-state index contributed by atoms with van der Waals surface area (Å²) in [4.78, 5) is 10.5. The van der Waals surface area contributed by atoms with E-state index in [1.165, 1.54) is 24.3 Å². The number of halogens is 6. The molecule has 2 rings (SSSR count). The molecule has 2 aromatic rings. The van der Waals surface area contributed by atoms with Gasteiger partial charge in [0, 0.05) is 5.56 Å². The van der Waals surface area contributed by atoms with Crippen molar-refractivity contribution in [2.45, 2.75) is 18.8 Å². The van der Waals surface area contributed by atoms with Crippen LogP contribution in [-0.2, 0) is 18.8 Å². The highest BCUT2D eigenvalue weighted by Gasteiger charge is 2.36. The van der Waals surface area contributed by atoms with Gasteiger partial charge in [0.1, 0.15) is 6.29 Å². The van der Waals surface area contributed by atoms with Gasteiger partial charge in [-0.1, -0.05) is 24.3 Å². The van der Waals surface area contributed by atoms with E-state index >= 15 is 0 Å². The number of benzene rings is 2. The Kier molecular flexibility index (Phi) is 4.49. The predicted molar refractivity (Wildman–Crippen MR) is 71.1 cm³/mol. The topological polar surface area (TPSA) is 17.1 Å². The Morgan fingerprint density at radius 2 is 1.43 bits per heavy atom. The van der Waals surface area contributed by atoms with Crippen molar-refractivity contribution in [2.24, 2.45) is 0 Å². The van der Waals surface area contributed by atoms with Gasteiger partial charge in [0.2, 0.25) is 0 Å². The largest absolute Gasteiger partial charge is 0.416 e. The number of rotatable bonds is 3. The molecule has 0 atom stereocenters. The molecule has 0 aliphatic rings. The summed E-state index contributed by atoms with van der Waals surface area (Å²) in [6.07, 6.45) is -9.23. The fourth-order valence-corrected chi connectivity index (χ4v) is 2.13. The second kappa shape index (κ2) is 6.06. The van der Waals surface area contributed by atoms with Gasteiger partial charge in [-0.2, -0.15) is 26.3 Å². The lowest BCUT2D eigenvalue weighted by atomic mass is 9.96. The average Bonchev–Trinajstić information content (AvgIpc) is 2.46. The second-order valence-corrected chi connectivity index (χ2v) is 4.90. The molecule has 23 heavy (non-hydrogen) atoms. The number of hydrogen-bond acceptors (Lipinski definition) is 1. The zero-order valence-electron chi connectivity index (χ0n) is 11.5. The van der Waals surface area contributed by atoms with Gasteiger partial charge in [-0.25, -0.2) is 0 Å². The van der Waals surface area contributed by atoms with E-state index in [0.717, 1.165) is 0 Å². The summed E-state index contributed by atoms with van der Waals surface area (Å²) in [7, 11) is 0. The molecule has 0 N–H and O–H groups in total. The maximum absolute atomic E-state index is 13.0. The third-order valence-electron chi connectivity index (χ3n) is 3.25. The molecule has 0 amide bonds. The van der Waals surface area contributed by atoms with Crippen LogP contribution in [0.3, 0.4) is 0 Å². The van der Waals surface area contributed by atoms with Crippen molar-refractivity contribution in [3.63, 3.8) is 0 Å². The van der Waals surface area contributed by atoms with E-state index in [1.54, 1.807) is 0 Å². The second-order valence-electron chi connectivity index (χ2n) is 4.90. The van der Waals surface area contributed by atoms with E-state index < -0.39 is 29.0 Å². The lowest BCUT2D eigenvalue weighted by molar-refractivity contribution is -0.141. The fraction of sp³-hybridized carbons (Fsp3) is 0.188. The lowest BCUT2D eigenvalue weighted by Crippen LogP contribution is -2.13. The Bertz CT molecular complexity index is 698. The summed E-state index contributed by atoms with van der Waals surface area (Å²) >= 11 is 0. The molecule has 0 bridgehead atoms. The summed E-state index contributed by atoms with van der Waals surface area (Å²) in [5, 5.41) is 0. The summed E-state index contributed by atoms with van der Waals surface area (Å²) in [6.45, 7) is 0. The van der Waals surface area contributed by atoms with Crippen LogP contribution in [0.25, 0.3) is 0 Å². The van der Waals surface area contributed by atoms with Crippen molar-refractivity contribution in [1.82, 2.24) is 0 Å². The Hall–Kier alpha value is -2.31. The molecule has 0 radical (unpaired) electrons. The zero-order chi connectivity index (χ0) is 17.3. The van der Waals surface area contributed by atoms with Crippen molar-refractivity contribution < 1.29 is 31.1 Å². The molecule has 0 aromatic heterocycles. The first-order valence-corrected chi connectivity index (χ1v) is 6.42. The Labute approximate surface area is 127 Å². The quantitative estimate of drug-likeness (QED) is 0.563. The van der Waals surface area contributed by atoms with Crippen molar-refractivity contribution in [1.29, 1.82) is 0 Å². The first-order valence-electron chi connectivity index (χ1n) is 6.42. The normalized spacial score (nSPS) is 12.3. The van der Waals surface area contributed by atoms with Crippen LogP contribution in [0.5, 0.6) is 0 Å². The maximum atomic E-state index is 13.0. The van der Waals surface area contributed by atoms with E-state index in [2.05, 4.69) is 0 Å². The molecule has 2 aromatic carbocycles. The summed E-state index contributed by atoms with van der Waals surface area (Å²) in [5.41, 5.74) is -2.00. The minimum atomic E-state index is -4.75. The van der Waals surface area contributed by atoms with Gasteiger partial charge in [-0.05, 0) is 35.7 Å². The highest BCUT2D eigenvalue weighted by molar-refractivity contribution is 5.74. The maximum Gasteiger partial charge on any atom is 0.416 e. The number of hydrogen-bond donors (Lipinski definition) is 0. The van der Waals surface area contributed by atoms with Crippen molar-refractivity contribution in [2.75, 3.05) is 0 Å². The lowest BCUT2D eigenvalue weighted by Gasteiger charge is -2.16. The fourth-order valence-electron chi connectivity index (χ4n) is 2.13. The van der Waals surface area contributed by atoms with Crippen LogP contribution in [0.4, 0.5) is 26.3 Å². The van der Waals surface area contributed by atoms with Gasteiger partial charge < -0.3 is 0 Å². The van der Waals surface area contributed by atoms with Crippen LogP contribution in [-0.4, -0.2) is 6.29 Å². The monoisotopic (exact) mass is 332 g/mol. The Morgan fingerprint density at radius 1 is 0.826 bits per heavy atom. The first-order chi connectivity index (χ1) is 10.6. The van der Waals surface area contributed by atoms with E-state index in [4.69, 9.17) is 0 Å². The molecule has 0 aliphatic carbocycles. The molecule has 1 nitrogen and oxygen atoms in total. The SMILES string of the molecule is O=Cc1ccc(Cc2cc(C(F)(F)F)ccc2C(F)(F)F)cc1. The Balaban J connectivity index is 2.46. The van der Waals surface area contributed by atoms with Crippen LogP contribution in [0.2, 0.25) is 0 Å². The van der Waals surface area contributed by atoms with Gasteiger partial charge >= 0.3 is 12.4 Å². The molecule has 0 saturated heterocycles. The third kappa shape index (κ3) is 4.12. The highest BCUT2D eigenvalue weighted by atomic mass is 19.4. The molecule has 7 heteroatoms. The minimum absolute atomic E-state index is 0.322. The molecule has 122 valence electrons. The van der Waals surface area contributed by atoms with Crippen LogP contribution in [0, 0.1) is 0 Å². The van der Waals surface area contributed by atoms with Crippen LogP contribution >= 0.6 is 0 Å². The van der Waals surface area contributed by atoms with E-state index in [1.807, 2.05) is 0 Å². The highest BCUT2D eigenvalue weighted by Crippen LogP contribution is 2.37. The van der Waals surface area contributed by atoms with Crippen LogP contribution in [0.15, 0.2) is 42.5 Å². The van der Waals surface area contributed by atoms with Crippen molar-refractivity contribution in [3.05, 3.63) is 70.3 Å². The van der Waals surface area contributed by atoms with Gasteiger partial charge in [0.15, 0.2) is 0 Å². The van der Waals surface area contributed by atoms with Crippen molar-refractivity contribution in [3.8, 4) is 0 Å². The van der Waals surface area contributed by atoms with Gasteiger partial charge in [-0.3, -0.25) is 4.79 Å². The molecule has 0 spiro atoms. The first kappa shape index (κ1) is 17.1. The van der Waals surface area contributed by atoms with Crippen LogP contribution < -0.4 is 0 Å². The number of carbonyl (C=O) groups excluding carboxylic acids is 1. The van der Waals surface area contributed by atoms with E-state index in [-0.39, 0.29) is 6.42 Å². The van der Waals surface area contributed by atoms with Crippen LogP contribution in [0.1, 0.15) is 32.6 Å². The van der Waals surface area contributed by atoms with Gasteiger partial charge in [0.25, 0.3) is 0 Å². The molecular weight excluding hydrogens is 322 g/mol. The number of carbonyl (C=O) groups is 1. The minimum Gasteiger partial charge on any atom is -0.298 e. The van der Waals surface area contributed by atoms with E-state index in [0.29, 0.717) is 35.6 Å². The molecular formula is C16H10F6O. The standard InChI is InChI=1S/C16H10F6O/c17-15(18,19)13-5-6-14(16(20,21)22)12(8-13)7-10-1-3-11(9-23)4-2-10/h1-6,8-9H,7H2. The summed E-state index contributed by atoms with van der Waals surface area (Å²) in [6, 6.07) is 6.97. The molecule has 0 unspecified atom stereocenters. The third-order valence-corrected chi connectivity index (χ3v) is 3.25. The molecule has 0 fully saturated rings. The molecule has 0 saturated carbocycles. The number of alkyl halides is 6. The molecule has 0 heterocycles. The zero-order valence-corrected chi connectivity index (χ0v) is 11.5. The Morgan fingerprint density at radius 3 is 1.91 bits per heavy atom. The van der Waals surface area contributed by atoms with E-state index in [9.17, 15) is 31.1 Å². The summed E-state index contributed by atoms with van der Waals surface area (Å²) in [5.74, 6) is 0. The smallest absolute Gasteiger partial charge is 0.298 e. The van der Waals surface area contributed by atoms with Crippen molar-refractivity contribution >= 4 is 6.29 Å². The predicted octanol–water partition coefficient (Wildman–Crippen LogP) is 5.13. The van der Waals surface area contributed by atoms with Gasteiger partial charge in [0.05, 0.1) is 11.1 Å². The van der Waals surface area contributed by atoms with Gasteiger partial charge in [-0.15, -0.1) is 0 Å².